The van der Waals surface area contributed by atoms with Crippen LogP contribution >= 0.6 is 0 Å². The van der Waals surface area contributed by atoms with E-state index in [1.807, 2.05) is 0 Å². The van der Waals surface area contributed by atoms with Crippen LogP contribution in [-0.4, -0.2) is 17.3 Å². The molecular weight excluding hydrogens is 126 g/mol. The van der Waals surface area contributed by atoms with Crippen LogP contribution in [0.3, 0.4) is 0 Å². The van der Waals surface area contributed by atoms with E-state index in [0.717, 1.165) is 25.7 Å². The second kappa shape index (κ2) is 3.35. The van der Waals surface area contributed by atoms with Crippen LogP contribution in [0.5, 0.6) is 0 Å². The summed E-state index contributed by atoms with van der Waals surface area (Å²) < 4.78 is 0. The Balaban J connectivity index is 2.38. The molecular formula is C8H17NO. The zero-order chi connectivity index (χ0) is 7.56. The van der Waals surface area contributed by atoms with Gasteiger partial charge in [0, 0.05) is 6.04 Å². The van der Waals surface area contributed by atoms with Crippen molar-refractivity contribution >= 4 is 0 Å². The summed E-state index contributed by atoms with van der Waals surface area (Å²) in [5.74, 6) is 0.380. The molecule has 0 spiro atoms. The Kier molecular flexibility index (Phi) is 2.69. The molecule has 1 fully saturated rings. The Morgan fingerprint density at radius 2 is 2.30 bits per heavy atom. The van der Waals surface area contributed by atoms with Gasteiger partial charge in [-0.3, -0.25) is 0 Å². The lowest BCUT2D eigenvalue weighted by Crippen LogP contribution is -2.34. The topological polar surface area (TPSA) is 46.2 Å². The van der Waals surface area contributed by atoms with Crippen LogP contribution in [0.4, 0.5) is 0 Å². The maximum absolute atomic E-state index is 9.41. The number of rotatable bonds is 2. The van der Waals surface area contributed by atoms with Gasteiger partial charge in [0.25, 0.3) is 0 Å². The van der Waals surface area contributed by atoms with Gasteiger partial charge in [-0.2, -0.15) is 0 Å². The SMILES string of the molecule is CCC(N)C1CCCC1O. The molecule has 0 bridgehead atoms. The zero-order valence-corrected chi connectivity index (χ0v) is 6.59. The molecule has 3 atom stereocenters. The molecule has 0 aromatic carbocycles. The van der Waals surface area contributed by atoms with Crippen molar-refractivity contribution in [1.82, 2.24) is 0 Å². The molecule has 1 aliphatic carbocycles. The van der Waals surface area contributed by atoms with Crippen molar-refractivity contribution < 1.29 is 5.11 Å². The van der Waals surface area contributed by atoms with Gasteiger partial charge >= 0.3 is 0 Å². The smallest absolute Gasteiger partial charge is 0.0583 e. The predicted molar refractivity (Wildman–Crippen MR) is 41.6 cm³/mol. The maximum atomic E-state index is 9.41. The van der Waals surface area contributed by atoms with Crippen molar-refractivity contribution in [1.29, 1.82) is 0 Å². The Morgan fingerprint density at radius 3 is 2.70 bits per heavy atom. The van der Waals surface area contributed by atoms with E-state index in [2.05, 4.69) is 6.92 Å². The summed E-state index contributed by atoms with van der Waals surface area (Å²) in [6, 6.07) is 0.220. The van der Waals surface area contributed by atoms with Crippen LogP contribution in [-0.2, 0) is 0 Å². The minimum Gasteiger partial charge on any atom is -0.393 e. The largest absolute Gasteiger partial charge is 0.393 e. The lowest BCUT2D eigenvalue weighted by Gasteiger charge is -2.20. The first kappa shape index (κ1) is 8.02. The molecule has 0 aromatic rings. The van der Waals surface area contributed by atoms with Crippen molar-refractivity contribution in [3.05, 3.63) is 0 Å². The monoisotopic (exact) mass is 143 g/mol. The van der Waals surface area contributed by atoms with Gasteiger partial charge in [0.2, 0.25) is 0 Å². The summed E-state index contributed by atoms with van der Waals surface area (Å²) in [7, 11) is 0. The van der Waals surface area contributed by atoms with Crippen LogP contribution in [0.1, 0.15) is 32.6 Å². The third-order valence-electron chi connectivity index (χ3n) is 2.55. The number of hydrogen-bond acceptors (Lipinski definition) is 2. The average Bonchev–Trinajstić information content (AvgIpc) is 2.34. The van der Waals surface area contributed by atoms with Crippen LogP contribution in [0.15, 0.2) is 0 Å². The Morgan fingerprint density at radius 1 is 1.60 bits per heavy atom. The number of hydrogen-bond donors (Lipinski definition) is 2. The molecule has 3 N–H and O–H groups in total. The molecule has 2 heteroatoms. The first-order valence-electron chi connectivity index (χ1n) is 4.19. The summed E-state index contributed by atoms with van der Waals surface area (Å²) in [4.78, 5) is 0. The van der Waals surface area contributed by atoms with E-state index in [1.54, 1.807) is 0 Å². The summed E-state index contributed by atoms with van der Waals surface area (Å²) in [6.07, 6.45) is 4.10. The summed E-state index contributed by atoms with van der Waals surface area (Å²) in [5, 5.41) is 9.41. The van der Waals surface area contributed by atoms with Crippen LogP contribution in [0.2, 0.25) is 0 Å². The van der Waals surface area contributed by atoms with E-state index < -0.39 is 0 Å². The molecule has 10 heavy (non-hydrogen) atoms. The highest BCUT2D eigenvalue weighted by Gasteiger charge is 2.28. The summed E-state index contributed by atoms with van der Waals surface area (Å²) in [5.41, 5.74) is 5.81. The minimum absolute atomic E-state index is 0.116. The van der Waals surface area contributed by atoms with Gasteiger partial charge in [0.05, 0.1) is 6.10 Å². The van der Waals surface area contributed by atoms with Gasteiger partial charge in [-0.25, -0.2) is 0 Å². The fraction of sp³-hybridized carbons (Fsp3) is 1.00. The normalized spacial score (nSPS) is 36.3. The van der Waals surface area contributed by atoms with Crippen LogP contribution in [0.25, 0.3) is 0 Å². The molecule has 3 unspecified atom stereocenters. The minimum atomic E-state index is -0.116. The standard InChI is InChI=1S/C8H17NO/c1-2-7(9)6-4-3-5-8(6)10/h6-8,10H,2-5,9H2,1H3. The fourth-order valence-electron chi connectivity index (χ4n) is 1.77. The van der Waals surface area contributed by atoms with E-state index in [1.165, 1.54) is 0 Å². The van der Waals surface area contributed by atoms with E-state index in [4.69, 9.17) is 5.73 Å². The first-order valence-corrected chi connectivity index (χ1v) is 4.19. The molecule has 0 amide bonds. The van der Waals surface area contributed by atoms with Crippen molar-refractivity contribution in [3.63, 3.8) is 0 Å². The lowest BCUT2D eigenvalue weighted by molar-refractivity contribution is 0.117. The van der Waals surface area contributed by atoms with Crippen molar-refractivity contribution in [3.8, 4) is 0 Å². The Labute approximate surface area is 62.4 Å². The predicted octanol–water partition coefficient (Wildman–Crippen LogP) is 0.885. The molecule has 60 valence electrons. The van der Waals surface area contributed by atoms with Crippen LogP contribution in [0, 0.1) is 5.92 Å². The number of aliphatic hydroxyl groups excluding tert-OH is 1. The molecule has 1 rings (SSSR count). The molecule has 0 radical (unpaired) electrons. The Hall–Kier alpha value is -0.0800. The lowest BCUT2D eigenvalue weighted by atomic mass is 9.95. The van der Waals surface area contributed by atoms with Crippen LogP contribution < -0.4 is 5.73 Å². The second-order valence-electron chi connectivity index (χ2n) is 3.23. The number of nitrogens with two attached hydrogens (primary N) is 1. The quantitative estimate of drug-likeness (QED) is 0.603. The highest BCUT2D eigenvalue weighted by atomic mass is 16.3. The van der Waals surface area contributed by atoms with E-state index in [-0.39, 0.29) is 12.1 Å². The van der Waals surface area contributed by atoms with Gasteiger partial charge in [-0.05, 0) is 25.2 Å². The Bertz CT molecular complexity index is 105. The average molecular weight is 143 g/mol. The summed E-state index contributed by atoms with van der Waals surface area (Å²) >= 11 is 0. The number of aliphatic hydroxyl groups is 1. The highest BCUT2D eigenvalue weighted by molar-refractivity contribution is 4.83. The third kappa shape index (κ3) is 1.50. The van der Waals surface area contributed by atoms with Crippen molar-refractivity contribution in [2.24, 2.45) is 11.7 Å². The molecule has 1 aliphatic rings. The van der Waals surface area contributed by atoms with Gasteiger partial charge in [-0.1, -0.05) is 13.3 Å². The maximum Gasteiger partial charge on any atom is 0.0583 e. The molecule has 0 aromatic heterocycles. The first-order chi connectivity index (χ1) is 4.75. The highest BCUT2D eigenvalue weighted by Crippen LogP contribution is 2.28. The van der Waals surface area contributed by atoms with E-state index >= 15 is 0 Å². The second-order valence-corrected chi connectivity index (χ2v) is 3.23. The zero-order valence-electron chi connectivity index (χ0n) is 6.59. The van der Waals surface area contributed by atoms with Crippen molar-refractivity contribution in [2.45, 2.75) is 44.8 Å². The molecule has 0 aliphatic heterocycles. The van der Waals surface area contributed by atoms with E-state index in [9.17, 15) is 5.11 Å². The molecule has 0 heterocycles. The van der Waals surface area contributed by atoms with E-state index in [0.29, 0.717) is 5.92 Å². The molecule has 2 nitrogen and oxygen atoms in total. The van der Waals surface area contributed by atoms with Gasteiger partial charge in [0.1, 0.15) is 0 Å². The van der Waals surface area contributed by atoms with Gasteiger partial charge in [-0.15, -0.1) is 0 Å². The molecule has 0 saturated heterocycles. The summed E-state index contributed by atoms with van der Waals surface area (Å²) in [6.45, 7) is 2.08. The van der Waals surface area contributed by atoms with Crippen molar-refractivity contribution in [2.75, 3.05) is 0 Å². The fourth-order valence-corrected chi connectivity index (χ4v) is 1.77. The molecule has 1 saturated carbocycles. The third-order valence-corrected chi connectivity index (χ3v) is 2.55. The van der Waals surface area contributed by atoms with Gasteiger partial charge < -0.3 is 10.8 Å². The van der Waals surface area contributed by atoms with Gasteiger partial charge in [0.15, 0.2) is 0 Å².